The molecule has 5 heteroatoms. The molecule has 0 fully saturated rings. The summed E-state index contributed by atoms with van der Waals surface area (Å²) in [5.41, 5.74) is 2.45. The molecular formula is C14H17NO2S2. The zero-order valence-corrected chi connectivity index (χ0v) is 13.2. The number of esters is 1. The first-order valence-electron chi connectivity index (χ1n) is 6.13. The molecule has 0 aromatic carbocycles. The quantitative estimate of drug-likeness (QED) is 0.800. The fourth-order valence-electron chi connectivity index (χ4n) is 1.68. The maximum Gasteiger partial charge on any atom is 0.317 e. The number of thiophene rings is 1. The topological polar surface area (TPSA) is 39.2 Å². The molecule has 102 valence electrons. The van der Waals surface area contributed by atoms with E-state index < -0.39 is 5.41 Å². The number of aryl methyl sites for hydroxylation is 1. The summed E-state index contributed by atoms with van der Waals surface area (Å²) in [7, 11) is 0. The fourth-order valence-corrected chi connectivity index (χ4v) is 3.66. The predicted molar refractivity (Wildman–Crippen MR) is 79.8 cm³/mol. The zero-order chi connectivity index (χ0) is 14.0. The van der Waals surface area contributed by atoms with Crippen LogP contribution in [0.1, 0.15) is 32.0 Å². The Morgan fingerprint density at radius 3 is 2.68 bits per heavy atom. The van der Waals surface area contributed by atoms with Crippen LogP contribution in [0.25, 0.3) is 10.6 Å². The molecule has 2 aromatic heterocycles. The van der Waals surface area contributed by atoms with Crippen molar-refractivity contribution in [1.82, 2.24) is 4.98 Å². The highest BCUT2D eigenvalue weighted by atomic mass is 32.1. The van der Waals surface area contributed by atoms with E-state index in [9.17, 15) is 4.79 Å². The van der Waals surface area contributed by atoms with Crippen molar-refractivity contribution < 1.29 is 9.53 Å². The van der Waals surface area contributed by atoms with Gasteiger partial charge >= 0.3 is 5.97 Å². The molecule has 0 aliphatic heterocycles. The lowest BCUT2D eigenvalue weighted by Gasteiger charge is -2.19. The Kier molecular flexibility index (Phi) is 4.06. The monoisotopic (exact) mass is 295 g/mol. The summed E-state index contributed by atoms with van der Waals surface area (Å²) < 4.78 is 5.11. The van der Waals surface area contributed by atoms with Crippen LogP contribution in [0.2, 0.25) is 0 Å². The van der Waals surface area contributed by atoms with Crippen molar-refractivity contribution in [2.45, 2.75) is 33.1 Å². The molecule has 0 bridgehead atoms. The smallest absolute Gasteiger partial charge is 0.317 e. The lowest BCUT2D eigenvalue weighted by atomic mass is 9.90. The molecule has 0 saturated carbocycles. The third-order valence-corrected chi connectivity index (χ3v) is 4.75. The Bertz CT molecular complexity index is 584. The minimum atomic E-state index is -0.700. The van der Waals surface area contributed by atoms with Crippen molar-refractivity contribution in [3.63, 3.8) is 0 Å². The summed E-state index contributed by atoms with van der Waals surface area (Å²) in [5, 5.41) is 7.11. The SMILES string of the molecule is CCOC(=O)C(C)(C)c1csc(-c2cscc2C)n1. The van der Waals surface area contributed by atoms with E-state index >= 15 is 0 Å². The van der Waals surface area contributed by atoms with Gasteiger partial charge in [-0.05, 0) is 38.6 Å². The third kappa shape index (κ3) is 2.72. The molecule has 0 amide bonds. The number of nitrogens with zero attached hydrogens (tertiary/aromatic N) is 1. The Labute approximate surface area is 121 Å². The summed E-state index contributed by atoms with van der Waals surface area (Å²) in [5.74, 6) is -0.228. The molecule has 0 aliphatic rings. The maximum absolute atomic E-state index is 12.0. The van der Waals surface area contributed by atoms with Crippen LogP contribution < -0.4 is 0 Å². The number of hydrogen-bond acceptors (Lipinski definition) is 5. The van der Waals surface area contributed by atoms with Gasteiger partial charge in [-0.2, -0.15) is 11.3 Å². The second kappa shape index (κ2) is 5.43. The molecule has 2 heterocycles. The minimum absolute atomic E-state index is 0.228. The van der Waals surface area contributed by atoms with Gasteiger partial charge in [-0.15, -0.1) is 11.3 Å². The Morgan fingerprint density at radius 2 is 2.11 bits per heavy atom. The first-order chi connectivity index (χ1) is 8.96. The highest BCUT2D eigenvalue weighted by Crippen LogP contribution is 2.33. The summed E-state index contributed by atoms with van der Waals surface area (Å²) in [4.78, 5) is 16.6. The number of aromatic nitrogens is 1. The van der Waals surface area contributed by atoms with Crippen LogP contribution in [-0.2, 0) is 14.9 Å². The van der Waals surface area contributed by atoms with E-state index in [0.717, 1.165) is 16.3 Å². The molecule has 0 saturated heterocycles. The molecule has 0 atom stereocenters. The van der Waals surface area contributed by atoms with Crippen molar-refractivity contribution in [3.05, 3.63) is 27.4 Å². The van der Waals surface area contributed by atoms with Gasteiger partial charge in [0.15, 0.2) is 0 Å². The minimum Gasteiger partial charge on any atom is -0.465 e. The Hall–Kier alpha value is -1.20. The van der Waals surface area contributed by atoms with Gasteiger partial charge in [-0.25, -0.2) is 4.98 Å². The second-order valence-electron chi connectivity index (χ2n) is 4.85. The van der Waals surface area contributed by atoms with Crippen molar-refractivity contribution >= 4 is 28.6 Å². The van der Waals surface area contributed by atoms with Crippen LogP contribution in [0.5, 0.6) is 0 Å². The van der Waals surface area contributed by atoms with Crippen LogP contribution >= 0.6 is 22.7 Å². The van der Waals surface area contributed by atoms with Gasteiger partial charge in [-0.1, -0.05) is 0 Å². The summed E-state index contributed by atoms with van der Waals surface area (Å²) >= 11 is 3.24. The fraction of sp³-hybridized carbons (Fsp3) is 0.429. The lowest BCUT2D eigenvalue weighted by Crippen LogP contribution is -2.31. The Morgan fingerprint density at radius 1 is 1.37 bits per heavy atom. The van der Waals surface area contributed by atoms with E-state index in [1.54, 1.807) is 22.7 Å². The van der Waals surface area contributed by atoms with E-state index in [2.05, 4.69) is 22.7 Å². The van der Waals surface area contributed by atoms with E-state index in [4.69, 9.17) is 4.74 Å². The van der Waals surface area contributed by atoms with E-state index in [1.807, 2.05) is 26.2 Å². The van der Waals surface area contributed by atoms with Gasteiger partial charge < -0.3 is 4.74 Å². The van der Waals surface area contributed by atoms with Crippen LogP contribution in [0, 0.1) is 6.92 Å². The molecular weight excluding hydrogens is 278 g/mol. The average molecular weight is 295 g/mol. The van der Waals surface area contributed by atoms with E-state index in [1.165, 1.54) is 5.56 Å². The van der Waals surface area contributed by atoms with Gasteiger partial charge in [0.2, 0.25) is 0 Å². The van der Waals surface area contributed by atoms with Crippen LogP contribution in [0.4, 0.5) is 0 Å². The van der Waals surface area contributed by atoms with Crippen molar-refractivity contribution in [2.24, 2.45) is 0 Å². The third-order valence-electron chi connectivity index (χ3n) is 3.02. The molecule has 0 unspecified atom stereocenters. The lowest BCUT2D eigenvalue weighted by molar-refractivity contribution is -0.148. The molecule has 19 heavy (non-hydrogen) atoms. The molecule has 0 spiro atoms. The van der Waals surface area contributed by atoms with Crippen LogP contribution in [0.3, 0.4) is 0 Å². The highest BCUT2D eigenvalue weighted by molar-refractivity contribution is 7.14. The molecule has 0 aliphatic carbocycles. The first-order valence-corrected chi connectivity index (χ1v) is 7.95. The molecule has 2 rings (SSSR count). The summed E-state index contributed by atoms with van der Waals surface area (Å²) in [6, 6.07) is 0. The number of rotatable bonds is 4. The van der Waals surface area contributed by atoms with Crippen molar-refractivity contribution in [1.29, 1.82) is 0 Å². The van der Waals surface area contributed by atoms with Crippen LogP contribution in [0.15, 0.2) is 16.1 Å². The molecule has 0 N–H and O–H groups in total. The number of thiazole rings is 1. The molecule has 3 nitrogen and oxygen atoms in total. The van der Waals surface area contributed by atoms with Gasteiger partial charge in [0.1, 0.15) is 10.4 Å². The number of hydrogen-bond donors (Lipinski definition) is 0. The van der Waals surface area contributed by atoms with E-state index in [-0.39, 0.29) is 5.97 Å². The number of ether oxygens (including phenoxy) is 1. The van der Waals surface area contributed by atoms with Gasteiger partial charge in [0, 0.05) is 16.3 Å². The average Bonchev–Trinajstić information content (AvgIpc) is 2.97. The molecule has 2 aromatic rings. The van der Waals surface area contributed by atoms with Gasteiger partial charge in [0.25, 0.3) is 0 Å². The van der Waals surface area contributed by atoms with Crippen LogP contribution in [-0.4, -0.2) is 17.6 Å². The number of carbonyl (C=O) groups excluding carboxylic acids is 1. The highest BCUT2D eigenvalue weighted by Gasteiger charge is 2.34. The zero-order valence-electron chi connectivity index (χ0n) is 11.5. The molecule has 0 radical (unpaired) electrons. The normalized spacial score (nSPS) is 11.6. The van der Waals surface area contributed by atoms with Crippen molar-refractivity contribution in [2.75, 3.05) is 6.61 Å². The second-order valence-corrected chi connectivity index (χ2v) is 6.45. The first kappa shape index (κ1) is 14.2. The Balaban J connectivity index is 2.31. The maximum atomic E-state index is 12.0. The van der Waals surface area contributed by atoms with Crippen molar-refractivity contribution in [3.8, 4) is 10.6 Å². The standard InChI is InChI=1S/C14H17NO2S2/c1-5-17-13(16)14(3,4)11-8-19-12(15-11)10-7-18-6-9(10)2/h6-8H,5H2,1-4H3. The largest absolute Gasteiger partial charge is 0.465 e. The summed E-state index contributed by atoms with van der Waals surface area (Å²) in [6.45, 7) is 7.98. The summed E-state index contributed by atoms with van der Waals surface area (Å²) in [6.07, 6.45) is 0. The van der Waals surface area contributed by atoms with E-state index in [0.29, 0.717) is 6.61 Å². The van der Waals surface area contributed by atoms with Gasteiger partial charge in [-0.3, -0.25) is 4.79 Å². The van der Waals surface area contributed by atoms with Gasteiger partial charge in [0.05, 0.1) is 12.3 Å². The number of carbonyl (C=O) groups is 1. The predicted octanol–water partition coefficient (Wildman–Crippen LogP) is 4.02.